The summed E-state index contributed by atoms with van der Waals surface area (Å²) in [7, 11) is 3.04. The lowest BCUT2D eigenvalue weighted by atomic mass is 9.97. The van der Waals surface area contributed by atoms with Gasteiger partial charge in [0.1, 0.15) is 6.10 Å². The van der Waals surface area contributed by atoms with Crippen LogP contribution in [0.3, 0.4) is 0 Å². The van der Waals surface area contributed by atoms with Crippen molar-refractivity contribution in [3.8, 4) is 17.3 Å². The van der Waals surface area contributed by atoms with Gasteiger partial charge < -0.3 is 19.1 Å². The molecular formula is C26H22N2O5. The topological polar surface area (TPSA) is 86.7 Å². The van der Waals surface area contributed by atoms with Gasteiger partial charge in [0.15, 0.2) is 22.9 Å². The molecule has 166 valence electrons. The molecule has 0 radical (unpaired) electrons. The molecule has 0 aliphatic carbocycles. The number of nitrogens with zero attached hydrogens (tertiary/aromatic N) is 2. The van der Waals surface area contributed by atoms with E-state index in [0.717, 1.165) is 5.56 Å². The summed E-state index contributed by atoms with van der Waals surface area (Å²) >= 11 is 0. The second kappa shape index (κ2) is 8.11. The molecule has 0 fully saturated rings. The number of aromatic nitrogens is 2. The number of hydrogen-bond donors (Lipinski definition) is 1. The van der Waals surface area contributed by atoms with Crippen molar-refractivity contribution < 1.29 is 19.1 Å². The Morgan fingerprint density at radius 2 is 1.64 bits per heavy atom. The molecule has 0 saturated heterocycles. The standard InChI is InChI=1S/C26H22N2O5/c1-15-9-10-21-19(11-15)25(27-33-21)28-14-20(24(29)16-7-5-4-6-8-16)17-12-22(31-2)23(32-3)13-18(17)26(28)30/h4-14,24,29H,1-3H3. The van der Waals surface area contributed by atoms with E-state index < -0.39 is 6.10 Å². The van der Waals surface area contributed by atoms with Crippen LogP contribution in [-0.4, -0.2) is 29.0 Å². The molecule has 2 aromatic heterocycles. The maximum atomic E-state index is 13.6. The van der Waals surface area contributed by atoms with Crippen LogP contribution in [-0.2, 0) is 0 Å². The Morgan fingerprint density at radius 1 is 0.939 bits per heavy atom. The van der Waals surface area contributed by atoms with Gasteiger partial charge in [-0.3, -0.25) is 9.36 Å². The second-order valence-corrected chi connectivity index (χ2v) is 7.83. The third-order valence-electron chi connectivity index (χ3n) is 5.80. The SMILES string of the molecule is COc1cc2c(C(O)c3ccccc3)cn(-c3noc4ccc(C)cc34)c(=O)c2cc1OC. The summed E-state index contributed by atoms with van der Waals surface area (Å²) in [6.07, 6.45) is 0.631. The molecule has 1 unspecified atom stereocenters. The van der Waals surface area contributed by atoms with Crippen LogP contribution in [0.2, 0.25) is 0 Å². The van der Waals surface area contributed by atoms with E-state index in [4.69, 9.17) is 14.0 Å². The first kappa shape index (κ1) is 20.8. The summed E-state index contributed by atoms with van der Waals surface area (Å²) in [4.78, 5) is 13.6. The van der Waals surface area contributed by atoms with Gasteiger partial charge in [0.05, 0.1) is 25.0 Å². The maximum absolute atomic E-state index is 13.6. The number of aliphatic hydroxyl groups excluding tert-OH is 1. The fourth-order valence-electron chi connectivity index (χ4n) is 4.10. The first-order chi connectivity index (χ1) is 16.0. The van der Waals surface area contributed by atoms with Crippen LogP contribution >= 0.6 is 0 Å². The van der Waals surface area contributed by atoms with Crippen LogP contribution in [0.15, 0.2) is 76.2 Å². The third kappa shape index (κ3) is 3.43. The molecule has 7 nitrogen and oxygen atoms in total. The maximum Gasteiger partial charge on any atom is 0.264 e. The summed E-state index contributed by atoms with van der Waals surface area (Å²) in [6.45, 7) is 1.96. The number of aryl methyl sites for hydroxylation is 1. The van der Waals surface area contributed by atoms with Crippen molar-refractivity contribution in [2.24, 2.45) is 0 Å². The van der Waals surface area contributed by atoms with E-state index in [-0.39, 0.29) is 5.56 Å². The number of ether oxygens (including phenoxy) is 2. The van der Waals surface area contributed by atoms with Crippen molar-refractivity contribution in [1.29, 1.82) is 0 Å². The lowest BCUT2D eigenvalue weighted by Crippen LogP contribution is -2.21. The van der Waals surface area contributed by atoms with Gasteiger partial charge in [-0.1, -0.05) is 47.1 Å². The number of rotatable bonds is 5. The predicted molar refractivity (Wildman–Crippen MR) is 125 cm³/mol. The predicted octanol–water partition coefficient (Wildman–Crippen LogP) is 4.54. The van der Waals surface area contributed by atoms with Gasteiger partial charge in [0.25, 0.3) is 5.56 Å². The molecule has 0 aliphatic rings. The minimum absolute atomic E-state index is 0.313. The fraction of sp³-hybridized carbons (Fsp3) is 0.154. The first-order valence-corrected chi connectivity index (χ1v) is 10.4. The smallest absolute Gasteiger partial charge is 0.264 e. The number of benzene rings is 3. The van der Waals surface area contributed by atoms with Crippen LogP contribution in [0.25, 0.3) is 27.6 Å². The summed E-state index contributed by atoms with van der Waals surface area (Å²) in [5.41, 5.74) is 2.49. The van der Waals surface area contributed by atoms with Gasteiger partial charge in [-0.15, -0.1) is 0 Å². The number of aliphatic hydroxyl groups is 1. The summed E-state index contributed by atoms with van der Waals surface area (Å²) in [5.74, 6) is 1.24. The van der Waals surface area contributed by atoms with Crippen molar-refractivity contribution >= 4 is 21.7 Å². The highest BCUT2D eigenvalue weighted by molar-refractivity contribution is 5.90. The molecule has 33 heavy (non-hydrogen) atoms. The van der Waals surface area contributed by atoms with Crippen LogP contribution < -0.4 is 15.0 Å². The van der Waals surface area contributed by atoms with E-state index in [1.807, 2.05) is 55.5 Å². The highest BCUT2D eigenvalue weighted by Gasteiger charge is 2.22. The van der Waals surface area contributed by atoms with Gasteiger partial charge in [0, 0.05) is 11.8 Å². The molecule has 5 aromatic rings. The Kier molecular flexibility index (Phi) is 5.11. The molecule has 7 heteroatoms. The summed E-state index contributed by atoms with van der Waals surface area (Å²) in [6, 6.07) is 18.3. The minimum Gasteiger partial charge on any atom is -0.493 e. The van der Waals surface area contributed by atoms with E-state index in [2.05, 4.69) is 5.16 Å². The molecule has 3 aromatic carbocycles. The molecule has 0 aliphatic heterocycles. The first-order valence-electron chi connectivity index (χ1n) is 10.4. The Bertz CT molecular complexity index is 1540. The zero-order valence-corrected chi connectivity index (χ0v) is 18.4. The van der Waals surface area contributed by atoms with E-state index in [1.165, 1.54) is 18.8 Å². The molecule has 1 N–H and O–H groups in total. The minimum atomic E-state index is -0.987. The second-order valence-electron chi connectivity index (χ2n) is 7.83. The lowest BCUT2D eigenvalue weighted by molar-refractivity contribution is 0.221. The average Bonchev–Trinajstić information content (AvgIpc) is 3.26. The Balaban J connectivity index is 1.86. The molecular weight excluding hydrogens is 420 g/mol. The number of methoxy groups -OCH3 is 2. The summed E-state index contributed by atoms with van der Waals surface area (Å²) in [5, 5.41) is 17.1. The van der Waals surface area contributed by atoms with Gasteiger partial charge in [-0.05, 0) is 42.1 Å². The third-order valence-corrected chi connectivity index (χ3v) is 5.80. The fourth-order valence-corrected chi connectivity index (χ4v) is 4.10. The largest absolute Gasteiger partial charge is 0.493 e. The van der Waals surface area contributed by atoms with Gasteiger partial charge in [0.2, 0.25) is 0 Å². The molecule has 1 atom stereocenters. The van der Waals surface area contributed by atoms with E-state index in [1.54, 1.807) is 18.3 Å². The van der Waals surface area contributed by atoms with Crippen molar-refractivity contribution in [2.45, 2.75) is 13.0 Å². The number of pyridine rings is 1. The van der Waals surface area contributed by atoms with Crippen molar-refractivity contribution in [1.82, 2.24) is 9.72 Å². The van der Waals surface area contributed by atoms with E-state index in [0.29, 0.717) is 50.2 Å². The van der Waals surface area contributed by atoms with Gasteiger partial charge in [-0.25, -0.2) is 0 Å². The molecule has 0 amide bonds. The number of fused-ring (bicyclic) bond motifs is 2. The monoisotopic (exact) mass is 442 g/mol. The van der Waals surface area contributed by atoms with Gasteiger partial charge >= 0.3 is 0 Å². The normalized spacial score (nSPS) is 12.2. The van der Waals surface area contributed by atoms with Crippen LogP contribution in [0.5, 0.6) is 11.5 Å². The van der Waals surface area contributed by atoms with Crippen molar-refractivity contribution in [2.75, 3.05) is 14.2 Å². The molecule has 0 saturated carbocycles. The van der Waals surface area contributed by atoms with E-state index >= 15 is 0 Å². The van der Waals surface area contributed by atoms with Crippen molar-refractivity contribution in [3.63, 3.8) is 0 Å². The lowest BCUT2D eigenvalue weighted by Gasteiger charge is -2.18. The molecule has 2 heterocycles. The van der Waals surface area contributed by atoms with Crippen LogP contribution in [0.1, 0.15) is 22.8 Å². The Morgan fingerprint density at radius 3 is 2.33 bits per heavy atom. The van der Waals surface area contributed by atoms with Crippen LogP contribution in [0.4, 0.5) is 0 Å². The highest BCUT2D eigenvalue weighted by Crippen LogP contribution is 2.36. The highest BCUT2D eigenvalue weighted by atomic mass is 16.5. The van der Waals surface area contributed by atoms with Crippen LogP contribution in [0, 0.1) is 6.92 Å². The zero-order chi connectivity index (χ0) is 23.1. The zero-order valence-electron chi connectivity index (χ0n) is 18.4. The Labute approximate surface area is 189 Å². The quantitative estimate of drug-likeness (QED) is 0.430. The molecule has 5 rings (SSSR count). The van der Waals surface area contributed by atoms with Crippen molar-refractivity contribution in [3.05, 3.63) is 93.9 Å². The molecule has 0 bridgehead atoms. The van der Waals surface area contributed by atoms with E-state index in [9.17, 15) is 9.90 Å². The Hall–Kier alpha value is -4.10. The molecule has 0 spiro atoms. The average molecular weight is 442 g/mol. The van der Waals surface area contributed by atoms with Gasteiger partial charge in [-0.2, -0.15) is 0 Å². The number of hydrogen-bond acceptors (Lipinski definition) is 6. The summed E-state index contributed by atoms with van der Waals surface area (Å²) < 4.78 is 17.8.